The molecule has 2 rings (SSSR count). The molecule has 1 aliphatic rings. The topological polar surface area (TPSA) is 85.8 Å². The second kappa shape index (κ2) is 5.05. The van der Waals surface area contributed by atoms with E-state index in [1.165, 1.54) is 18.3 Å². The summed E-state index contributed by atoms with van der Waals surface area (Å²) in [4.78, 5) is 25.4. The molecule has 0 spiro atoms. The van der Waals surface area contributed by atoms with Crippen molar-refractivity contribution in [2.45, 2.75) is 37.6 Å². The zero-order chi connectivity index (χ0) is 13.0. The van der Waals surface area contributed by atoms with Gasteiger partial charge in [0, 0.05) is 12.3 Å². The lowest BCUT2D eigenvalue weighted by molar-refractivity contribution is 0.0902. The molecule has 0 bridgehead atoms. The zero-order valence-electron chi connectivity index (χ0n) is 10.0. The van der Waals surface area contributed by atoms with Gasteiger partial charge >= 0.3 is 0 Å². The monoisotopic (exact) mass is 245 g/mol. The van der Waals surface area contributed by atoms with Gasteiger partial charge in [0.05, 0.1) is 11.6 Å². The Morgan fingerprint density at radius 1 is 1.33 bits per heavy atom. The van der Waals surface area contributed by atoms with Crippen molar-refractivity contribution in [2.24, 2.45) is 0 Å². The van der Waals surface area contributed by atoms with E-state index in [0.717, 1.165) is 19.3 Å². The molecule has 1 saturated carbocycles. The van der Waals surface area contributed by atoms with Crippen LogP contribution in [0.1, 0.15) is 42.5 Å². The van der Waals surface area contributed by atoms with E-state index in [4.69, 9.17) is 0 Å². The largest absolute Gasteiger partial charge is 0.334 e. The summed E-state index contributed by atoms with van der Waals surface area (Å²) >= 11 is 0. The van der Waals surface area contributed by atoms with Gasteiger partial charge in [-0.1, -0.05) is 19.3 Å². The number of pyridine rings is 1. The highest BCUT2D eigenvalue weighted by Gasteiger charge is 2.33. The lowest BCUT2D eigenvalue weighted by atomic mass is 9.82. The van der Waals surface area contributed by atoms with Crippen LogP contribution in [0, 0.1) is 11.3 Å². The van der Waals surface area contributed by atoms with E-state index in [1.807, 2.05) is 0 Å². The maximum Gasteiger partial charge on any atom is 0.254 e. The maximum absolute atomic E-state index is 12.0. The van der Waals surface area contributed by atoms with E-state index in [-0.39, 0.29) is 11.5 Å². The van der Waals surface area contributed by atoms with Gasteiger partial charge in [0.25, 0.3) is 5.91 Å². The van der Waals surface area contributed by atoms with Crippen molar-refractivity contribution in [1.82, 2.24) is 10.3 Å². The van der Waals surface area contributed by atoms with Crippen molar-refractivity contribution in [1.29, 1.82) is 5.26 Å². The molecule has 0 aromatic carbocycles. The molecule has 0 aliphatic heterocycles. The van der Waals surface area contributed by atoms with E-state index in [9.17, 15) is 14.9 Å². The number of aromatic amines is 1. The molecular formula is C13H15N3O2. The first-order valence-corrected chi connectivity index (χ1v) is 6.08. The van der Waals surface area contributed by atoms with E-state index in [2.05, 4.69) is 16.4 Å². The number of amides is 1. The molecule has 0 radical (unpaired) electrons. The van der Waals surface area contributed by atoms with Crippen LogP contribution in [0.15, 0.2) is 23.1 Å². The number of hydrogen-bond acceptors (Lipinski definition) is 3. The van der Waals surface area contributed by atoms with E-state index < -0.39 is 5.54 Å². The second-order valence-corrected chi connectivity index (χ2v) is 4.65. The Kier molecular flexibility index (Phi) is 3.47. The van der Waals surface area contributed by atoms with Crippen LogP contribution >= 0.6 is 0 Å². The molecule has 94 valence electrons. The van der Waals surface area contributed by atoms with Crippen LogP contribution < -0.4 is 10.9 Å². The summed E-state index contributed by atoms with van der Waals surface area (Å²) < 4.78 is 0. The standard InChI is InChI=1S/C13H15N3O2/c14-9-13(6-2-1-3-7-13)16-12(18)10-4-5-11(17)15-8-10/h4-5,8H,1-3,6-7H2,(H,15,17)(H,16,18). The van der Waals surface area contributed by atoms with Gasteiger partial charge in [0.15, 0.2) is 0 Å². The van der Waals surface area contributed by atoms with Gasteiger partial charge in [-0.25, -0.2) is 0 Å². The van der Waals surface area contributed by atoms with Crippen LogP contribution in [-0.2, 0) is 0 Å². The van der Waals surface area contributed by atoms with Crippen LogP contribution in [-0.4, -0.2) is 16.4 Å². The number of rotatable bonds is 2. The fourth-order valence-corrected chi connectivity index (χ4v) is 2.26. The number of nitrogens with one attached hydrogen (secondary N) is 2. The molecule has 0 atom stereocenters. The highest BCUT2D eigenvalue weighted by atomic mass is 16.2. The number of hydrogen-bond donors (Lipinski definition) is 2. The summed E-state index contributed by atoms with van der Waals surface area (Å²) in [5, 5.41) is 12.1. The second-order valence-electron chi connectivity index (χ2n) is 4.65. The number of H-pyrrole nitrogens is 1. The first-order chi connectivity index (χ1) is 8.65. The van der Waals surface area contributed by atoms with Crippen LogP contribution in [0.3, 0.4) is 0 Å². The van der Waals surface area contributed by atoms with Gasteiger partial charge in [-0.3, -0.25) is 9.59 Å². The number of nitriles is 1. The minimum absolute atomic E-state index is 0.251. The highest BCUT2D eigenvalue weighted by molar-refractivity contribution is 5.94. The molecule has 5 heteroatoms. The van der Waals surface area contributed by atoms with E-state index in [0.29, 0.717) is 18.4 Å². The molecule has 1 heterocycles. The molecule has 5 nitrogen and oxygen atoms in total. The Labute approximate surface area is 105 Å². The van der Waals surface area contributed by atoms with Gasteiger partial charge in [-0.2, -0.15) is 5.26 Å². The molecule has 0 unspecified atom stereocenters. The molecular weight excluding hydrogens is 230 g/mol. The first-order valence-electron chi connectivity index (χ1n) is 6.08. The third-order valence-corrected chi connectivity index (χ3v) is 3.32. The molecule has 1 aromatic rings. The first kappa shape index (κ1) is 12.4. The van der Waals surface area contributed by atoms with Crippen LogP contribution in [0.5, 0.6) is 0 Å². The van der Waals surface area contributed by atoms with Gasteiger partial charge in [-0.05, 0) is 18.9 Å². The Morgan fingerprint density at radius 2 is 2.06 bits per heavy atom. The van der Waals surface area contributed by atoms with Crippen molar-refractivity contribution >= 4 is 5.91 Å². The minimum Gasteiger partial charge on any atom is -0.334 e. The molecule has 0 saturated heterocycles. The number of aromatic nitrogens is 1. The average molecular weight is 245 g/mol. The third-order valence-electron chi connectivity index (χ3n) is 3.32. The third kappa shape index (κ3) is 2.59. The molecule has 18 heavy (non-hydrogen) atoms. The summed E-state index contributed by atoms with van der Waals surface area (Å²) in [6.45, 7) is 0. The highest BCUT2D eigenvalue weighted by Crippen LogP contribution is 2.27. The summed E-state index contributed by atoms with van der Waals surface area (Å²) in [7, 11) is 0. The van der Waals surface area contributed by atoms with Crippen molar-refractivity contribution in [3.05, 3.63) is 34.2 Å². The van der Waals surface area contributed by atoms with Gasteiger partial charge < -0.3 is 10.3 Å². The normalized spacial score (nSPS) is 17.7. The van der Waals surface area contributed by atoms with Gasteiger partial charge in [-0.15, -0.1) is 0 Å². The fraction of sp³-hybridized carbons (Fsp3) is 0.462. The predicted octanol–water partition coefficient (Wildman–Crippen LogP) is 1.33. The Balaban J connectivity index is 2.13. The van der Waals surface area contributed by atoms with Crippen molar-refractivity contribution in [2.75, 3.05) is 0 Å². The minimum atomic E-state index is -0.745. The summed E-state index contributed by atoms with van der Waals surface area (Å²) in [6, 6.07) is 4.99. The fourth-order valence-electron chi connectivity index (χ4n) is 2.26. The maximum atomic E-state index is 12.0. The Bertz CT molecular complexity index is 515. The van der Waals surface area contributed by atoms with E-state index in [1.54, 1.807) is 0 Å². The SMILES string of the molecule is N#CC1(NC(=O)c2ccc(=O)[nH]c2)CCCCC1. The number of carbonyl (C=O) groups excluding carboxylic acids is 1. The Morgan fingerprint density at radius 3 is 2.61 bits per heavy atom. The lowest BCUT2D eigenvalue weighted by Gasteiger charge is -2.31. The number of nitrogens with zero attached hydrogens (tertiary/aromatic N) is 1. The molecule has 1 aromatic heterocycles. The van der Waals surface area contributed by atoms with E-state index >= 15 is 0 Å². The smallest absolute Gasteiger partial charge is 0.254 e. The predicted molar refractivity (Wildman–Crippen MR) is 66.0 cm³/mol. The number of carbonyl (C=O) groups is 1. The Hall–Kier alpha value is -2.09. The lowest BCUT2D eigenvalue weighted by Crippen LogP contribution is -2.48. The van der Waals surface area contributed by atoms with Crippen LogP contribution in [0.4, 0.5) is 0 Å². The summed E-state index contributed by atoms with van der Waals surface area (Å²) in [5.41, 5.74) is -0.625. The van der Waals surface area contributed by atoms with Crippen LogP contribution in [0.2, 0.25) is 0 Å². The van der Waals surface area contributed by atoms with Crippen LogP contribution in [0.25, 0.3) is 0 Å². The summed E-state index contributed by atoms with van der Waals surface area (Å²) in [5.74, 6) is -0.310. The average Bonchev–Trinajstić information content (AvgIpc) is 2.40. The van der Waals surface area contributed by atoms with Gasteiger partial charge in [0.1, 0.15) is 5.54 Å². The molecule has 2 N–H and O–H groups in total. The summed E-state index contributed by atoms with van der Waals surface area (Å²) in [6.07, 6.45) is 5.78. The molecule has 1 fully saturated rings. The van der Waals surface area contributed by atoms with Crippen molar-refractivity contribution in [3.63, 3.8) is 0 Å². The zero-order valence-corrected chi connectivity index (χ0v) is 10.0. The van der Waals surface area contributed by atoms with Gasteiger partial charge in [0.2, 0.25) is 5.56 Å². The van der Waals surface area contributed by atoms with Crippen molar-refractivity contribution < 1.29 is 4.79 Å². The molecule has 1 amide bonds. The van der Waals surface area contributed by atoms with Crippen molar-refractivity contribution in [3.8, 4) is 6.07 Å². The quantitative estimate of drug-likeness (QED) is 0.824. The molecule has 1 aliphatic carbocycles.